The molecule has 1 aromatic carbocycles. The van der Waals surface area contributed by atoms with Gasteiger partial charge in [-0.25, -0.2) is 4.98 Å². The number of hydrogen-bond donors (Lipinski definition) is 1. The molecule has 162 valence electrons. The number of benzene rings is 1. The summed E-state index contributed by atoms with van der Waals surface area (Å²) in [4.78, 5) is 40.1. The molecule has 2 aromatic rings. The van der Waals surface area contributed by atoms with Crippen LogP contribution in [0.1, 0.15) is 27.0 Å². The topological polar surface area (TPSA) is 117 Å². The highest BCUT2D eigenvalue weighted by Crippen LogP contribution is 2.39. The Morgan fingerprint density at radius 2 is 1.87 bits per heavy atom. The monoisotopic (exact) mass is 522 g/mol. The van der Waals surface area contributed by atoms with Crippen molar-refractivity contribution >= 4 is 67.9 Å². The summed E-state index contributed by atoms with van der Waals surface area (Å²) < 4.78 is 18.0. The van der Waals surface area contributed by atoms with E-state index in [0.717, 1.165) is 20.8 Å². The fourth-order valence-corrected chi connectivity index (χ4v) is 4.31. The SMILES string of the molecule is CC(=O)O[C@H]1[C@@H](O)[C@H](n2c(Br)nc3cc(Cl)c(Cl)cc32)OC[C@]1(OC(C)=O)C(C)=O. The van der Waals surface area contributed by atoms with Crippen LogP contribution in [0, 0.1) is 0 Å². The lowest BCUT2D eigenvalue weighted by Gasteiger charge is -2.45. The van der Waals surface area contributed by atoms with Crippen molar-refractivity contribution < 1.29 is 33.7 Å². The Hall–Kier alpha value is -1.72. The minimum atomic E-state index is -2.00. The van der Waals surface area contributed by atoms with Crippen molar-refractivity contribution in [2.75, 3.05) is 6.61 Å². The number of carbonyl (C=O) groups is 3. The van der Waals surface area contributed by atoms with Crippen molar-refractivity contribution in [3.8, 4) is 0 Å². The van der Waals surface area contributed by atoms with Gasteiger partial charge in [-0.05, 0) is 35.0 Å². The van der Waals surface area contributed by atoms with Gasteiger partial charge in [-0.1, -0.05) is 23.2 Å². The molecule has 1 aliphatic heterocycles. The molecule has 0 bridgehead atoms. The van der Waals surface area contributed by atoms with E-state index in [1.807, 2.05) is 0 Å². The van der Waals surface area contributed by atoms with E-state index >= 15 is 0 Å². The van der Waals surface area contributed by atoms with Crippen LogP contribution in [0.2, 0.25) is 10.0 Å². The molecule has 1 aromatic heterocycles. The summed E-state index contributed by atoms with van der Waals surface area (Å²) in [7, 11) is 0. The predicted octanol–water partition coefficient (Wildman–Crippen LogP) is 2.82. The molecule has 2 heterocycles. The molecule has 9 nitrogen and oxygen atoms in total. The summed E-state index contributed by atoms with van der Waals surface area (Å²) in [6, 6.07) is 3.07. The van der Waals surface area contributed by atoms with E-state index in [0.29, 0.717) is 11.0 Å². The first-order chi connectivity index (χ1) is 14.0. The maximum absolute atomic E-state index is 12.4. The number of carbonyl (C=O) groups excluding carboxylic acids is 3. The Kier molecular flexibility index (Phi) is 6.45. The number of hydrogen-bond acceptors (Lipinski definition) is 8. The molecule has 0 radical (unpaired) electrons. The largest absolute Gasteiger partial charge is 0.455 e. The van der Waals surface area contributed by atoms with Crippen molar-refractivity contribution in [2.24, 2.45) is 0 Å². The molecule has 1 fully saturated rings. The molecule has 30 heavy (non-hydrogen) atoms. The fourth-order valence-electron chi connectivity index (χ4n) is 3.41. The van der Waals surface area contributed by atoms with Gasteiger partial charge in [-0.15, -0.1) is 0 Å². The van der Waals surface area contributed by atoms with E-state index in [2.05, 4.69) is 20.9 Å². The van der Waals surface area contributed by atoms with Crippen LogP contribution in [0.4, 0.5) is 0 Å². The quantitative estimate of drug-likeness (QED) is 0.608. The van der Waals surface area contributed by atoms with Crippen LogP contribution >= 0.6 is 39.1 Å². The van der Waals surface area contributed by atoms with Crippen LogP contribution < -0.4 is 0 Å². The number of rotatable bonds is 4. The average molecular weight is 524 g/mol. The Morgan fingerprint density at radius 1 is 1.23 bits per heavy atom. The van der Waals surface area contributed by atoms with Crippen molar-refractivity contribution in [2.45, 2.75) is 44.8 Å². The van der Waals surface area contributed by atoms with Crippen molar-refractivity contribution in [3.05, 3.63) is 26.9 Å². The minimum absolute atomic E-state index is 0.248. The zero-order valence-corrected chi connectivity index (χ0v) is 19.1. The van der Waals surface area contributed by atoms with Crippen molar-refractivity contribution in [1.82, 2.24) is 9.55 Å². The van der Waals surface area contributed by atoms with E-state index in [1.54, 1.807) is 0 Å². The lowest BCUT2D eigenvalue weighted by molar-refractivity contribution is -0.259. The smallest absolute Gasteiger partial charge is 0.303 e. The molecule has 4 atom stereocenters. The molecule has 12 heteroatoms. The summed E-state index contributed by atoms with van der Waals surface area (Å²) in [5.41, 5.74) is -1.08. The second-order valence-corrected chi connectivity index (χ2v) is 8.29. The zero-order chi connectivity index (χ0) is 22.4. The predicted molar refractivity (Wildman–Crippen MR) is 109 cm³/mol. The Bertz CT molecular complexity index is 1040. The summed E-state index contributed by atoms with van der Waals surface area (Å²) in [5.74, 6) is -2.22. The molecule has 3 rings (SSSR count). The molecule has 1 aliphatic rings. The maximum Gasteiger partial charge on any atom is 0.303 e. The van der Waals surface area contributed by atoms with Crippen LogP contribution in [0.15, 0.2) is 16.9 Å². The third-order valence-electron chi connectivity index (χ3n) is 4.69. The van der Waals surface area contributed by atoms with E-state index < -0.39 is 48.4 Å². The number of aliphatic hydroxyl groups is 1. The molecule has 1 N–H and O–H groups in total. The van der Waals surface area contributed by atoms with Crippen LogP contribution in [-0.4, -0.2) is 56.8 Å². The fraction of sp³-hybridized carbons (Fsp3) is 0.444. The van der Waals surface area contributed by atoms with E-state index in [4.69, 9.17) is 37.4 Å². The maximum atomic E-state index is 12.4. The lowest BCUT2D eigenvalue weighted by atomic mass is 9.86. The Labute approximate surface area is 189 Å². The summed E-state index contributed by atoms with van der Waals surface area (Å²) >= 11 is 15.5. The van der Waals surface area contributed by atoms with Gasteiger partial charge in [0.25, 0.3) is 0 Å². The zero-order valence-electron chi connectivity index (χ0n) is 16.0. The number of imidazole rings is 1. The average Bonchev–Trinajstić information content (AvgIpc) is 2.93. The summed E-state index contributed by atoms with van der Waals surface area (Å²) in [6.07, 6.45) is -4.29. The van der Waals surface area contributed by atoms with Gasteiger partial charge in [-0.2, -0.15) is 0 Å². The Balaban J connectivity index is 2.12. The number of Topliss-reactive ketones (excluding diaryl/α,β-unsaturated/α-hetero) is 1. The standard InChI is InChI=1S/C18H17BrCl2N2O7/c1-7(24)18(30-9(3)26)6-28-16(14(27)15(18)29-8(2)25)23-13-5-11(21)10(20)4-12(13)22-17(23)19/h4-5,14-16,27H,6H2,1-3H3/t14-,15+,16-,18+/m1/s1. The normalized spacial score (nSPS) is 26.4. The van der Waals surface area contributed by atoms with Gasteiger partial charge in [-0.3, -0.25) is 19.0 Å². The van der Waals surface area contributed by atoms with E-state index in [1.165, 1.54) is 16.7 Å². The first-order valence-electron chi connectivity index (χ1n) is 8.68. The summed E-state index contributed by atoms with van der Waals surface area (Å²) in [5, 5.41) is 11.6. The third-order valence-corrected chi connectivity index (χ3v) is 5.97. The van der Waals surface area contributed by atoms with Gasteiger partial charge >= 0.3 is 11.9 Å². The number of esters is 2. The van der Waals surface area contributed by atoms with Crippen LogP contribution in [0.25, 0.3) is 11.0 Å². The second-order valence-electron chi connectivity index (χ2n) is 6.77. The van der Waals surface area contributed by atoms with Crippen molar-refractivity contribution in [1.29, 1.82) is 0 Å². The van der Waals surface area contributed by atoms with Crippen LogP contribution in [0.3, 0.4) is 0 Å². The van der Waals surface area contributed by atoms with Gasteiger partial charge in [0.05, 0.1) is 21.1 Å². The van der Waals surface area contributed by atoms with Gasteiger partial charge < -0.3 is 19.3 Å². The molecule has 0 unspecified atom stereocenters. The number of ether oxygens (including phenoxy) is 3. The first kappa shape index (κ1) is 23.0. The second kappa shape index (κ2) is 8.43. The molecule has 0 saturated carbocycles. The van der Waals surface area contributed by atoms with Crippen molar-refractivity contribution in [3.63, 3.8) is 0 Å². The van der Waals surface area contributed by atoms with Gasteiger partial charge in [0.15, 0.2) is 22.8 Å². The number of halogens is 3. The highest BCUT2D eigenvalue weighted by Gasteiger charge is 2.59. The van der Waals surface area contributed by atoms with Crippen LogP contribution in [0.5, 0.6) is 0 Å². The van der Waals surface area contributed by atoms with Gasteiger partial charge in [0.1, 0.15) is 12.7 Å². The summed E-state index contributed by atoms with van der Waals surface area (Å²) in [6.45, 7) is 2.90. The number of ketones is 1. The molecular weight excluding hydrogens is 507 g/mol. The number of aliphatic hydroxyl groups excluding tert-OH is 1. The highest BCUT2D eigenvalue weighted by atomic mass is 79.9. The van der Waals surface area contributed by atoms with Gasteiger partial charge in [0, 0.05) is 13.8 Å². The number of fused-ring (bicyclic) bond motifs is 1. The molecule has 1 saturated heterocycles. The lowest BCUT2D eigenvalue weighted by Crippen LogP contribution is -2.66. The van der Waals surface area contributed by atoms with E-state index in [9.17, 15) is 19.5 Å². The minimum Gasteiger partial charge on any atom is -0.455 e. The highest BCUT2D eigenvalue weighted by molar-refractivity contribution is 9.10. The Morgan fingerprint density at radius 3 is 2.43 bits per heavy atom. The van der Waals surface area contributed by atoms with E-state index in [-0.39, 0.29) is 14.8 Å². The number of aromatic nitrogens is 2. The third kappa shape index (κ3) is 3.94. The van der Waals surface area contributed by atoms with Gasteiger partial charge in [0.2, 0.25) is 5.60 Å². The van der Waals surface area contributed by atoms with Crippen LogP contribution in [-0.2, 0) is 28.6 Å². The molecule has 0 amide bonds. The molecular formula is C18H17BrCl2N2O7. The first-order valence-corrected chi connectivity index (χ1v) is 10.2. The number of nitrogens with zero attached hydrogens (tertiary/aromatic N) is 2. The molecule has 0 aliphatic carbocycles. The molecule has 0 spiro atoms.